The highest BCUT2D eigenvalue weighted by atomic mass is 35.5. The van der Waals surface area contributed by atoms with Crippen molar-refractivity contribution >= 4 is 47.2 Å². The number of thioether (sulfide) groups is 1. The highest BCUT2D eigenvalue weighted by Crippen LogP contribution is 2.52. The minimum atomic E-state index is -1.12. The van der Waals surface area contributed by atoms with Gasteiger partial charge >= 0.3 is 12.1 Å². The van der Waals surface area contributed by atoms with Crippen molar-refractivity contribution < 1.29 is 28.7 Å². The Kier molecular flexibility index (Phi) is 9.46. The van der Waals surface area contributed by atoms with E-state index in [1.807, 2.05) is 67.6 Å². The Morgan fingerprint density at radius 2 is 1.42 bits per heavy atom. The molecule has 2 heterocycles. The zero-order chi connectivity index (χ0) is 32.4. The maximum absolute atomic E-state index is 13.9. The number of benzene rings is 3. The number of alkyl carbamates (subject to hydrolysis) is 1. The number of nitrogens with zero attached hydrogens (tertiary/aromatic N) is 1. The Balaban J connectivity index is 1.35. The quantitative estimate of drug-likeness (QED) is 0.182. The lowest BCUT2D eigenvalue weighted by Gasteiger charge is -2.44. The molecule has 0 aliphatic carbocycles. The highest BCUT2D eigenvalue weighted by Gasteiger charge is 2.66. The first-order valence-corrected chi connectivity index (χ1v) is 16.0. The molecule has 5 atom stereocenters. The van der Waals surface area contributed by atoms with E-state index in [4.69, 9.17) is 21.1 Å². The average Bonchev–Trinajstić information content (AvgIpc) is 3.31. The van der Waals surface area contributed by atoms with Crippen LogP contribution < -0.4 is 10.6 Å². The van der Waals surface area contributed by atoms with E-state index in [9.17, 15) is 19.2 Å². The van der Waals surface area contributed by atoms with Crippen molar-refractivity contribution in [2.24, 2.45) is 0 Å². The van der Waals surface area contributed by atoms with Gasteiger partial charge in [0.05, 0.1) is 4.75 Å². The molecular formula is C34H36ClN3O6S. The largest absolute Gasteiger partial charge is 0.451 e. The Labute approximate surface area is 272 Å². The Hall–Kier alpha value is -4.02. The maximum Gasteiger partial charge on any atom is 0.408 e. The first kappa shape index (κ1) is 32.4. The number of fused-ring (bicyclic) bond motifs is 1. The van der Waals surface area contributed by atoms with Crippen molar-refractivity contribution in [3.05, 3.63) is 108 Å². The number of esters is 1. The minimum Gasteiger partial charge on any atom is -0.451 e. The third kappa shape index (κ3) is 6.97. The molecule has 0 bridgehead atoms. The van der Waals surface area contributed by atoms with Crippen LogP contribution in [-0.2, 0) is 23.9 Å². The molecule has 236 valence electrons. The zero-order valence-corrected chi connectivity index (χ0v) is 27.0. The summed E-state index contributed by atoms with van der Waals surface area (Å²) >= 11 is 7.79. The van der Waals surface area contributed by atoms with Gasteiger partial charge in [0.1, 0.15) is 29.1 Å². The number of ether oxygens (including phenoxy) is 2. The van der Waals surface area contributed by atoms with Gasteiger partial charge in [0.15, 0.2) is 6.10 Å². The van der Waals surface area contributed by atoms with Crippen LogP contribution in [-0.4, -0.2) is 62.5 Å². The summed E-state index contributed by atoms with van der Waals surface area (Å²) in [5.74, 6) is -1.54. The molecule has 45 heavy (non-hydrogen) atoms. The lowest BCUT2D eigenvalue weighted by Crippen LogP contribution is -2.71. The fraction of sp³-hybridized carbons (Fsp3) is 0.353. The Morgan fingerprint density at radius 3 is 1.91 bits per heavy atom. The molecule has 3 amide bonds. The lowest BCUT2D eigenvalue weighted by atomic mass is 9.95. The van der Waals surface area contributed by atoms with E-state index >= 15 is 0 Å². The SMILES string of the molecule is CC(C)(C)OC(=O)NC(C(=O)N[C@@H]1C(=O)N2[C@@H](C(=O)OC(c3ccccc3)c3ccccc3)[C@](C)(CCl)S[C@@H]12)c1ccccc1. The van der Waals surface area contributed by atoms with Gasteiger partial charge in [-0.1, -0.05) is 91.0 Å². The number of hydrogen-bond donors (Lipinski definition) is 2. The summed E-state index contributed by atoms with van der Waals surface area (Å²) in [5.41, 5.74) is 1.32. The zero-order valence-electron chi connectivity index (χ0n) is 25.4. The van der Waals surface area contributed by atoms with Crippen molar-refractivity contribution in [3.63, 3.8) is 0 Å². The summed E-state index contributed by atoms with van der Waals surface area (Å²) in [6.45, 7) is 6.99. The summed E-state index contributed by atoms with van der Waals surface area (Å²) in [7, 11) is 0. The molecule has 1 unspecified atom stereocenters. The summed E-state index contributed by atoms with van der Waals surface area (Å²) in [5, 5.41) is 4.86. The smallest absolute Gasteiger partial charge is 0.408 e. The monoisotopic (exact) mass is 649 g/mol. The van der Waals surface area contributed by atoms with E-state index in [-0.39, 0.29) is 5.88 Å². The molecule has 2 N–H and O–H groups in total. The molecule has 0 aromatic heterocycles. The number of alkyl halides is 1. The van der Waals surface area contributed by atoms with E-state index in [0.717, 1.165) is 11.1 Å². The molecule has 0 saturated carbocycles. The van der Waals surface area contributed by atoms with E-state index < -0.39 is 63.8 Å². The summed E-state index contributed by atoms with van der Waals surface area (Å²) in [4.78, 5) is 55.3. The second-order valence-corrected chi connectivity index (χ2v) is 14.1. The fourth-order valence-corrected chi connectivity index (χ4v) is 7.44. The summed E-state index contributed by atoms with van der Waals surface area (Å²) < 4.78 is 10.6. The van der Waals surface area contributed by atoms with E-state index in [1.165, 1.54) is 16.7 Å². The molecule has 0 spiro atoms. The van der Waals surface area contributed by atoms with E-state index in [2.05, 4.69) is 10.6 Å². The van der Waals surface area contributed by atoms with E-state index in [0.29, 0.717) is 5.56 Å². The molecule has 5 rings (SSSR count). The normalized spacial score (nSPS) is 23.0. The third-order valence-corrected chi connectivity index (χ3v) is 9.97. The van der Waals surface area contributed by atoms with Crippen LogP contribution in [0.25, 0.3) is 0 Å². The number of carbonyl (C=O) groups is 4. The predicted octanol–water partition coefficient (Wildman–Crippen LogP) is 5.35. The van der Waals surface area contributed by atoms with Crippen LogP contribution >= 0.6 is 23.4 Å². The van der Waals surface area contributed by atoms with Crippen LogP contribution in [0.2, 0.25) is 0 Å². The number of amides is 3. The number of nitrogens with one attached hydrogen (secondary N) is 2. The number of halogens is 1. The number of β-lactam (4-membered cyclic amide) rings is 1. The molecule has 3 aromatic rings. The third-order valence-electron chi connectivity index (χ3n) is 7.61. The molecule has 3 aromatic carbocycles. The average molecular weight is 650 g/mol. The van der Waals surface area contributed by atoms with Gasteiger partial charge in [-0.25, -0.2) is 9.59 Å². The number of hydrogen-bond acceptors (Lipinski definition) is 7. The van der Waals surface area contributed by atoms with Crippen LogP contribution in [0.1, 0.15) is 56.5 Å². The number of rotatable bonds is 9. The van der Waals surface area contributed by atoms with Gasteiger partial charge in [-0.2, -0.15) is 0 Å². The van der Waals surface area contributed by atoms with Gasteiger partial charge in [-0.15, -0.1) is 23.4 Å². The van der Waals surface area contributed by atoms with Crippen LogP contribution in [0.15, 0.2) is 91.0 Å². The van der Waals surface area contributed by atoms with Gasteiger partial charge in [0, 0.05) is 5.88 Å². The van der Waals surface area contributed by atoms with Gasteiger partial charge < -0.3 is 25.0 Å². The van der Waals surface area contributed by atoms with Crippen molar-refractivity contribution in [2.75, 3.05) is 5.88 Å². The van der Waals surface area contributed by atoms with Gasteiger partial charge in [-0.05, 0) is 44.4 Å². The molecule has 0 radical (unpaired) electrons. The lowest BCUT2D eigenvalue weighted by molar-refractivity contribution is -0.166. The van der Waals surface area contributed by atoms with Crippen LogP contribution in [0, 0.1) is 0 Å². The number of carbonyl (C=O) groups excluding carboxylic acids is 4. The molecule has 2 aliphatic rings. The summed E-state index contributed by atoms with van der Waals surface area (Å²) in [6, 6.07) is 24.4. The minimum absolute atomic E-state index is 0.0621. The fourth-order valence-electron chi connectivity index (χ4n) is 5.49. The van der Waals surface area contributed by atoms with E-state index in [1.54, 1.807) is 51.1 Å². The molecule has 2 fully saturated rings. The van der Waals surface area contributed by atoms with Gasteiger partial charge in [0.25, 0.3) is 0 Å². The van der Waals surface area contributed by atoms with Crippen molar-refractivity contribution in [1.29, 1.82) is 0 Å². The van der Waals surface area contributed by atoms with Crippen LogP contribution in [0.3, 0.4) is 0 Å². The first-order valence-electron chi connectivity index (χ1n) is 14.6. The molecular weight excluding hydrogens is 614 g/mol. The Morgan fingerprint density at radius 1 is 0.911 bits per heavy atom. The summed E-state index contributed by atoms with van der Waals surface area (Å²) in [6.07, 6.45) is -1.46. The second kappa shape index (κ2) is 13.1. The molecule has 9 nitrogen and oxygen atoms in total. The maximum atomic E-state index is 13.9. The van der Waals surface area contributed by atoms with Crippen molar-refractivity contribution in [3.8, 4) is 0 Å². The second-order valence-electron chi connectivity index (χ2n) is 12.2. The predicted molar refractivity (Wildman–Crippen MR) is 172 cm³/mol. The Bertz CT molecular complexity index is 1500. The van der Waals surface area contributed by atoms with Crippen molar-refractivity contribution in [1.82, 2.24) is 15.5 Å². The first-order chi connectivity index (χ1) is 21.4. The topological polar surface area (TPSA) is 114 Å². The highest BCUT2D eigenvalue weighted by molar-refractivity contribution is 8.01. The van der Waals surface area contributed by atoms with Gasteiger partial charge in [0.2, 0.25) is 11.8 Å². The molecule has 2 aliphatic heterocycles. The molecule has 11 heteroatoms. The van der Waals surface area contributed by atoms with Gasteiger partial charge in [-0.3, -0.25) is 9.59 Å². The van der Waals surface area contributed by atoms with Crippen molar-refractivity contribution in [2.45, 2.75) is 67.6 Å². The van der Waals surface area contributed by atoms with Crippen LogP contribution in [0.4, 0.5) is 4.79 Å². The standard InChI is InChI=1S/C34H36ClN3O6S/c1-33(2,3)44-32(42)37-24(21-14-8-5-9-15-21)28(39)36-25-29(40)38-27(34(4,20-35)45-30(25)38)31(41)43-26(22-16-10-6-11-17-22)23-18-12-7-13-19-23/h5-19,24-27,30H,20H2,1-4H3,(H,36,39)(H,37,42)/t24?,25-,27+,30+,34+/m1/s1. The van der Waals surface area contributed by atoms with Crippen LogP contribution in [0.5, 0.6) is 0 Å². The molecule has 2 saturated heterocycles.